The van der Waals surface area contributed by atoms with Gasteiger partial charge in [0.25, 0.3) is 0 Å². The molecule has 1 aliphatic carbocycles. The molecule has 18 heavy (non-hydrogen) atoms. The Labute approximate surface area is 107 Å². The van der Waals surface area contributed by atoms with Gasteiger partial charge in [-0.15, -0.1) is 0 Å². The van der Waals surface area contributed by atoms with Crippen LogP contribution in [0.2, 0.25) is 0 Å². The highest BCUT2D eigenvalue weighted by Gasteiger charge is 2.29. The first-order chi connectivity index (χ1) is 8.88. The lowest BCUT2D eigenvalue weighted by Gasteiger charge is -2.23. The number of hydrogen-bond donors (Lipinski definition) is 2. The molecule has 3 rings (SSSR count). The van der Waals surface area contributed by atoms with Crippen LogP contribution in [0.5, 0.6) is 0 Å². The van der Waals surface area contributed by atoms with Crippen molar-refractivity contribution in [2.45, 2.75) is 31.2 Å². The van der Waals surface area contributed by atoms with E-state index in [0.29, 0.717) is 5.92 Å². The van der Waals surface area contributed by atoms with Gasteiger partial charge in [0.05, 0.1) is 12.5 Å². The fourth-order valence-electron chi connectivity index (χ4n) is 2.99. The fraction of sp³-hybridized carbons (Fsp3) is 0.333. The Balaban J connectivity index is 1.81. The van der Waals surface area contributed by atoms with E-state index in [0.717, 1.165) is 12.8 Å². The first kappa shape index (κ1) is 11.5. The standard InChI is InChI=1S/C15H18N2O/c16-17-15(9-11-7-8-18-10-11)14-6-5-12-3-1-2-4-13(12)14/h1-4,7-8,10,14-15,17H,5-6,9,16H2. The number of aryl methyl sites for hydroxylation is 1. The maximum absolute atomic E-state index is 5.75. The van der Waals surface area contributed by atoms with Crippen molar-refractivity contribution < 1.29 is 4.42 Å². The van der Waals surface area contributed by atoms with Crippen molar-refractivity contribution in [3.63, 3.8) is 0 Å². The minimum Gasteiger partial charge on any atom is -0.472 e. The van der Waals surface area contributed by atoms with Crippen LogP contribution < -0.4 is 11.3 Å². The van der Waals surface area contributed by atoms with Gasteiger partial charge in [0.2, 0.25) is 0 Å². The van der Waals surface area contributed by atoms with E-state index < -0.39 is 0 Å². The lowest BCUT2D eigenvalue weighted by molar-refractivity contribution is 0.432. The number of furan rings is 1. The van der Waals surface area contributed by atoms with Gasteiger partial charge in [0, 0.05) is 12.0 Å². The van der Waals surface area contributed by atoms with Gasteiger partial charge in [-0.3, -0.25) is 11.3 Å². The lowest BCUT2D eigenvalue weighted by Crippen LogP contribution is -2.40. The normalized spacial score (nSPS) is 19.7. The molecule has 1 aromatic heterocycles. The molecule has 0 aliphatic heterocycles. The van der Waals surface area contributed by atoms with E-state index in [9.17, 15) is 0 Å². The summed E-state index contributed by atoms with van der Waals surface area (Å²) in [6, 6.07) is 11.0. The van der Waals surface area contributed by atoms with Crippen LogP contribution in [-0.4, -0.2) is 6.04 Å². The lowest BCUT2D eigenvalue weighted by atomic mass is 9.90. The highest BCUT2D eigenvalue weighted by Crippen LogP contribution is 2.36. The van der Waals surface area contributed by atoms with Gasteiger partial charge in [0.1, 0.15) is 0 Å². The molecule has 3 heteroatoms. The second kappa shape index (κ2) is 4.96. The van der Waals surface area contributed by atoms with Crippen molar-refractivity contribution in [3.8, 4) is 0 Å². The van der Waals surface area contributed by atoms with Gasteiger partial charge >= 0.3 is 0 Å². The van der Waals surface area contributed by atoms with Gasteiger partial charge in [-0.1, -0.05) is 24.3 Å². The molecule has 94 valence electrons. The minimum absolute atomic E-state index is 0.270. The Morgan fingerprint density at radius 3 is 3.00 bits per heavy atom. The van der Waals surface area contributed by atoms with Crippen molar-refractivity contribution in [1.29, 1.82) is 0 Å². The summed E-state index contributed by atoms with van der Waals surface area (Å²) in [6.07, 6.45) is 6.75. The van der Waals surface area contributed by atoms with Crippen LogP contribution in [0.4, 0.5) is 0 Å². The summed E-state index contributed by atoms with van der Waals surface area (Å²) >= 11 is 0. The van der Waals surface area contributed by atoms with Crippen molar-refractivity contribution in [2.75, 3.05) is 0 Å². The molecule has 0 amide bonds. The largest absolute Gasteiger partial charge is 0.472 e. The average molecular weight is 242 g/mol. The van der Waals surface area contributed by atoms with Gasteiger partial charge < -0.3 is 4.42 Å². The molecule has 0 spiro atoms. The number of nitrogens with one attached hydrogen (secondary N) is 1. The monoisotopic (exact) mass is 242 g/mol. The third-order valence-electron chi connectivity index (χ3n) is 3.91. The highest BCUT2D eigenvalue weighted by molar-refractivity contribution is 5.36. The van der Waals surface area contributed by atoms with E-state index in [1.807, 2.05) is 6.07 Å². The molecule has 0 saturated carbocycles. The molecule has 1 aromatic carbocycles. The number of rotatable bonds is 4. The van der Waals surface area contributed by atoms with Gasteiger partial charge in [-0.2, -0.15) is 0 Å². The maximum atomic E-state index is 5.75. The molecule has 2 unspecified atom stereocenters. The second-order valence-electron chi connectivity index (χ2n) is 4.95. The van der Waals surface area contributed by atoms with E-state index in [1.54, 1.807) is 12.5 Å². The molecule has 1 aliphatic rings. The maximum Gasteiger partial charge on any atom is 0.0935 e. The molecule has 0 bridgehead atoms. The summed E-state index contributed by atoms with van der Waals surface area (Å²) in [4.78, 5) is 0. The van der Waals surface area contributed by atoms with E-state index >= 15 is 0 Å². The summed E-state index contributed by atoms with van der Waals surface area (Å²) < 4.78 is 5.12. The average Bonchev–Trinajstić information content (AvgIpc) is 3.05. The van der Waals surface area contributed by atoms with E-state index in [4.69, 9.17) is 10.3 Å². The fourth-order valence-corrected chi connectivity index (χ4v) is 2.99. The Morgan fingerprint density at radius 2 is 2.22 bits per heavy atom. The highest BCUT2D eigenvalue weighted by atomic mass is 16.3. The number of nitrogens with two attached hydrogens (primary N) is 1. The topological polar surface area (TPSA) is 51.2 Å². The molecule has 1 heterocycles. The molecule has 0 fully saturated rings. The molecule has 3 N–H and O–H groups in total. The van der Waals surface area contributed by atoms with E-state index in [-0.39, 0.29) is 6.04 Å². The van der Waals surface area contributed by atoms with Gasteiger partial charge in [-0.05, 0) is 42.0 Å². The summed E-state index contributed by atoms with van der Waals surface area (Å²) in [5.41, 5.74) is 7.09. The quantitative estimate of drug-likeness (QED) is 0.639. The first-order valence-electron chi connectivity index (χ1n) is 6.43. The molecule has 0 radical (unpaired) electrons. The van der Waals surface area contributed by atoms with E-state index in [2.05, 4.69) is 29.7 Å². The zero-order chi connectivity index (χ0) is 12.4. The second-order valence-corrected chi connectivity index (χ2v) is 4.95. The summed E-state index contributed by atoms with van der Waals surface area (Å²) in [7, 11) is 0. The Kier molecular flexibility index (Phi) is 3.17. The third-order valence-corrected chi connectivity index (χ3v) is 3.91. The molecular weight excluding hydrogens is 224 g/mol. The SMILES string of the molecule is NNC(Cc1ccoc1)C1CCc2ccccc21. The Morgan fingerprint density at radius 1 is 1.33 bits per heavy atom. The van der Waals surface area contributed by atoms with Crippen molar-refractivity contribution in [1.82, 2.24) is 5.43 Å². The third kappa shape index (κ3) is 2.07. The number of hydrogen-bond acceptors (Lipinski definition) is 3. The molecule has 2 aromatic rings. The molecule has 0 saturated heterocycles. The van der Waals surface area contributed by atoms with Crippen LogP contribution in [0, 0.1) is 0 Å². The minimum atomic E-state index is 0.270. The van der Waals surface area contributed by atoms with Crippen molar-refractivity contribution >= 4 is 0 Å². The number of hydrazine groups is 1. The van der Waals surface area contributed by atoms with Crippen molar-refractivity contribution in [3.05, 3.63) is 59.5 Å². The Hall–Kier alpha value is -1.58. The van der Waals surface area contributed by atoms with Crippen molar-refractivity contribution in [2.24, 2.45) is 5.84 Å². The van der Waals surface area contributed by atoms with Crippen LogP contribution >= 0.6 is 0 Å². The van der Waals surface area contributed by atoms with Crippen LogP contribution in [0.3, 0.4) is 0 Å². The molecule has 2 atom stereocenters. The zero-order valence-corrected chi connectivity index (χ0v) is 10.3. The predicted octanol–water partition coefficient (Wildman–Crippen LogP) is 2.38. The van der Waals surface area contributed by atoms with E-state index in [1.165, 1.54) is 23.1 Å². The van der Waals surface area contributed by atoms with Crippen LogP contribution in [-0.2, 0) is 12.8 Å². The Bertz CT molecular complexity index is 507. The van der Waals surface area contributed by atoms with Gasteiger partial charge in [0.15, 0.2) is 0 Å². The number of fused-ring (bicyclic) bond motifs is 1. The number of benzene rings is 1. The summed E-state index contributed by atoms with van der Waals surface area (Å²) in [5.74, 6) is 6.25. The smallest absolute Gasteiger partial charge is 0.0935 e. The first-order valence-corrected chi connectivity index (χ1v) is 6.43. The zero-order valence-electron chi connectivity index (χ0n) is 10.3. The molecule has 3 nitrogen and oxygen atoms in total. The predicted molar refractivity (Wildman–Crippen MR) is 71.0 cm³/mol. The van der Waals surface area contributed by atoms with Crippen LogP contribution in [0.15, 0.2) is 47.3 Å². The summed E-state index contributed by atoms with van der Waals surface area (Å²) in [6.45, 7) is 0. The van der Waals surface area contributed by atoms with Gasteiger partial charge in [-0.25, -0.2) is 0 Å². The molecular formula is C15H18N2O. The van der Waals surface area contributed by atoms with Crippen LogP contribution in [0.25, 0.3) is 0 Å². The van der Waals surface area contributed by atoms with Crippen LogP contribution in [0.1, 0.15) is 29.0 Å². The summed E-state index contributed by atoms with van der Waals surface area (Å²) in [5, 5.41) is 0.